The molecule has 1 aromatic rings. The fourth-order valence-corrected chi connectivity index (χ4v) is 1.75. The lowest BCUT2D eigenvalue weighted by atomic mass is 10.0. The molecule has 0 unspecified atom stereocenters. The summed E-state index contributed by atoms with van der Waals surface area (Å²) in [5, 5.41) is 4.27. The van der Waals surface area contributed by atoms with Gasteiger partial charge in [0.2, 0.25) is 0 Å². The van der Waals surface area contributed by atoms with Gasteiger partial charge in [-0.3, -0.25) is 0 Å². The van der Waals surface area contributed by atoms with Crippen LogP contribution in [0, 0.1) is 6.92 Å². The monoisotopic (exact) mass is 251 g/mol. The number of aryl methyl sites for hydroxylation is 1. The molecule has 1 aromatic carbocycles. The van der Waals surface area contributed by atoms with Gasteiger partial charge in [-0.05, 0) is 57.9 Å². The summed E-state index contributed by atoms with van der Waals surface area (Å²) < 4.78 is 0. The van der Waals surface area contributed by atoms with Gasteiger partial charge in [0.1, 0.15) is 0 Å². The van der Waals surface area contributed by atoms with Crippen LogP contribution in [0.5, 0.6) is 0 Å². The average molecular weight is 252 g/mol. The van der Waals surface area contributed by atoms with Crippen LogP contribution in [0.2, 0.25) is 5.02 Å². The van der Waals surface area contributed by atoms with Crippen LogP contribution in [0.1, 0.15) is 38.8 Å². The van der Waals surface area contributed by atoms with Crippen LogP contribution in [-0.4, -0.2) is 12.1 Å². The van der Waals surface area contributed by atoms with Crippen molar-refractivity contribution in [3.63, 3.8) is 0 Å². The van der Waals surface area contributed by atoms with Gasteiger partial charge < -0.3 is 5.32 Å². The average Bonchev–Trinajstić information content (AvgIpc) is 2.18. The number of benzene rings is 1. The van der Waals surface area contributed by atoms with Crippen molar-refractivity contribution in [2.45, 2.75) is 40.2 Å². The van der Waals surface area contributed by atoms with E-state index in [9.17, 15) is 0 Å². The third-order valence-electron chi connectivity index (χ3n) is 2.53. The Kier molecular flexibility index (Phi) is 4.79. The summed E-state index contributed by atoms with van der Waals surface area (Å²) in [5.41, 5.74) is 3.94. The van der Waals surface area contributed by atoms with Crippen LogP contribution < -0.4 is 5.32 Å². The van der Waals surface area contributed by atoms with Crippen LogP contribution in [0.3, 0.4) is 0 Å². The highest BCUT2D eigenvalue weighted by molar-refractivity contribution is 6.30. The third-order valence-corrected chi connectivity index (χ3v) is 2.77. The first kappa shape index (κ1) is 14.3. The van der Waals surface area contributed by atoms with Gasteiger partial charge in [-0.25, -0.2) is 0 Å². The second kappa shape index (κ2) is 5.70. The van der Waals surface area contributed by atoms with Crippen molar-refractivity contribution in [2.75, 3.05) is 6.54 Å². The van der Waals surface area contributed by atoms with Gasteiger partial charge in [0, 0.05) is 17.1 Å². The van der Waals surface area contributed by atoms with Crippen LogP contribution in [-0.2, 0) is 0 Å². The van der Waals surface area contributed by atoms with Gasteiger partial charge in [-0.15, -0.1) is 0 Å². The van der Waals surface area contributed by atoms with Crippen molar-refractivity contribution >= 4 is 17.7 Å². The minimum absolute atomic E-state index is 0.157. The highest BCUT2D eigenvalue weighted by Crippen LogP contribution is 2.17. The molecule has 1 rings (SSSR count). The Hall–Kier alpha value is -0.790. The topological polar surface area (TPSA) is 12.0 Å². The molecule has 0 aliphatic rings. The van der Waals surface area contributed by atoms with E-state index in [0.29, 0.717) is 0 Å². The number of hydrogen-bond donors (Lipinski definition) is 1. The molecule has 0 saturated heterocycles. The fraction of sp³-hybridized carbons (Fsp3) is 0.467. The van der Waals surface area contributed by atoms with Crippen LogP contribution in [0.25, 0.3) is 6.08 Å². The number of rotatable bonds is 3. The Balaban J connectivity index is 2.74. The van der Waals surface area contributed by atoms with Gasteiger partial charge in [0.05, 0.1) is 0 Å². The Morgan fingerprint density at radius 3 is 2.53 bits per heavy atom. The molecule has 1 N–H and O–H groups in total. The second-order valence-electron chi connectivity index (χ2n) is 5.60. The summed E-state index contributed by atoms with van der Waals surface area (Å²) in [6.45, 7) is 11.7. The van der Waals surface area contributed by atoms with Gasteiger partial charge >= 0.3 is 0 Å². The zero-order valence-corrected chi connectivity index (χ0v) is 12.2. The lowest BCUT2D eigenvalue weighted by Crippen LogP contribution is -2.36. The fourth-order valence-electron chi connectivity index (χ4n) is 1.52. The predicted octanol–water partition coefficient (Wildman–Crippen LogP) is 4.44. The summed E-state index contributed by atoms with van der Waals surface area (Å²) >= 11 is 5.94. The highest BCUT2D eigenvalue weighted by atomic mass is 35.5. The standard InChI is InChI=1S/C15H22ClN/c1-11(10-17-15(3,4)5)8-13-6-7-14(16)9-12(13)2/h6-9,17H,10H2,1-5H3/b11-8-. The van der Waals surface area contributed by atoms with Crippen LogP contribution >= 0.6 is 11.6 Å². The molecule has 2 heteroatoms. The summed E-state index contributed by atoms with van der Waals surface area (Å²) in [4.78, 5) is 0. The molecule has 17 heavy (non-hydrogen) atoms. The molecule has 0 aliphatic carbocycles. The first-order valence-electron chi connectivity index (χ1n) is 5.96. The molecule has 0 fully saturated rings. The number of hydrogen-bond acceptors (Lipinski definition) is 1. The zero-order valence-electron chi connectivity index (χ0n) is 11.4. The van der Waals surface area contributed by atoms with Crippen molar-refractivity contribution in [1.82, 2.24) is 5.32 Å². The van der Waals surface area contributed by atoms with Crippen molar-refractivity contribution in [2.24, 2.45) is 0 Å². The Morgan fingerprint density at radius 2 is 2.00 bits per heavy atom. The van der Waals surface area contributed by atoms with E-state index in [-0.39, 0.29) is 5.54 Å². The van der Waals surface area contributed by atoms with Crippen molar-refractivity contribution in [3.8, 4) is 0 Å². The van der Waals surface area contributed by atoms with Crippen molar-refractivity contribution in [3.05, 3.63) is 39.9 Å². The van der Waals surface area contributed by atoms with E-state index in [1.54, 1.807) is 0 Å². The smallest absolute Gasteiger partial charge is 0.0409 e. The normalized spacial score (nSPS) is 12.9. The van der Waals surface area contributed by atoms with E-state index in [4.69, 9.17) is 11.6 Å². The first-order chi connectivity index (χ1) is 7.78. The molecule has 0 atom stereocenters. The molecule has 1 nitrogen and oxygen atoms in total. The minimum Gasteiger partial charge on any atom is -0.308 e. The van der Waals surface area contributed by atoms with E-state index >= 15 is 0 Å². The van der Waals surface area contributed by atoms with Gasteiger partial charge in [-0.1, -0.05) is 29.3 Å². The van der Waals surface area contributed by atoms with Gasteiger partial charge in [0.15, 0.2) is 0 Å². The molecule has 0 radical (unpaired) electrons. The maximum Gasteiger partial charge on any atom is 0.0409 e. The summed E-state index contributed by atoms with van der Waals surface area (Å²) in [7, 11) is 0. The van der Waals surface area contributed by atoms with E-state index in [1.807, 2.05) is 12.1 Å². The van der Waals surface area contributed by atoms with Gasteiger partial charge in [-0.2, -0.15) is 0 Å². The molecule has 0 heterocycles. The largest absolute Gasteiger partial charge is 0.308 e. The second-order valence-corrected chi connectivity index (χ2v) is 6.03. The van der Waals surface area contributed by atoms with Crippen LogP contribution in [0.4, 0.5) is 0 Å². The zero-order chi connectivity index (χ0) is 13.1. The van der Waals surface area contributed by atoms with Crippen molar-refractivity contribution in [1.29, 1.82) is 0 Å². The van der Waals surface area contributed by atoms with E-state index in [0.717, 1.165) is 11.6 Å². The number of nitrogens with one attached hydrogen (secondary N) is 1. The molecule has 0 saturated carbocycles. The maximum absolute atomic E-state index is 5.94. The SMILES string of the molecule is C/C(=C/c1ccc(Cl)cc1C)CNC(C)(C)C. The molecule has 0 aromatic heterocycles. The minimum atomic E-state index is 0.157. The lowest BCUT2D eigenvalue weighted by molar-refractivity contribution is 0.445. The summed E-state index contributed by atoms with van der Waals surface area (Å²) in [6.07, 6.45) is 2.21. The lowest BCUT2D eigenvalue weighted by Gasteiger charge is -2.20. The maximum atomic E-state index is 5.94. The van der Waals surface area contributed by atoms with E-state index in [1.165, 1.54) is 16.7 Å². The summed E-state index contributed by atoms with van der Waals surface area (Å²) in [6, 6.07) is 6.00. The van der Waals surface area contributed by atoms with Gasteiger partial charge in [0.25, 0.3) is 0 Å². The first-order valence-corrected chi connectivity index (χ1v) is 6.34. The predicted molar refractivity (Wildman–Crippen MR) is 77.6 cm³/mol. The third kappa shape index (κ3) is 5.38. The number of halogens is 1. The molecular formula is C15H22ClN. The van der Waals surface area contributed by atoms with Crippen molar-refractivity contribution < 1.29 is 0 Å². The Morgan fingerprint density at radius 1 is 1.35 bits per heavy atom. The molecule has 94 valence electrons. The molecular weight excluding hydrogens is 230 g/mol. The van der Waals surface area contributed by atoms with E-state index in [2.05, 4.69) is 52.1 Å². The highest BCUT2D eigenvalue weighted by Gasteiger charge is 2.07. The van der Waals surface area contributed by atoms with E-state index < -0.39 is 0 Å². The molecule has 0 amide bonds. The Bertz CT molecular complexity index is 413. The molecule has 0 aliphatic heterocycles. The summed E-state index contributed by atoms with van der Waals surface area (Å²) in [5.74, 6) is 0. The Labute approximate surface area is 110 Å². The van der Waals surface area contributed by atoms with Crippen LogP contribution in [0.15, 0.2) is 23.8 Å². The molecule has 0 bridgehead atoms. The molecule has 0 spiro atoms. The quantitative estimate of drug-likeness (QED) is 0.838.